The summed E-state index contributed by atoms with van der Waals surface area (Å²) in [4.78, 5) is 16.8. The van der Waals surface area contributed by atoms with Crippen LogP contribution in [0.15, 0.2) is 42.6 Å². The van der Waals surface area contributed by atoms with Gasteiger partial charge >= 0.3 is 6.03 Å². The predicted octanol–water partition coefficient (Wildman–Crippen LogP) is 2.88. The third-order valence-electron chi connectivity index (χ3n) is 4.34. The number of H-pyrrole nitrogens is 1. The van der Waals surface area contributed by atoms with Gasteiger partial charge in [-0.15, -0.1) is 5.10 Å². The van der Waals surface area contributed by atoms with E-state index in [-0.39, 0.29) is 12.1 Å². The van der Waals surface area contributed by atoms with E-state index in [4.69, 9.17) is 14.2 Å². The van der Waals surface area contributed by atoms with Crippen molar-refractivity contribution in [2.75, 3.05) is 39.4 Å². The summed E-state index contributed by atoms with van der Waals surface area (Å²) in [5, 5.41) is 13.4. The Labute approximate surface area is 168 Å². The lowest BCUT2D eigenvalue weighted by Crippen LogP contribution is -2.33. The molecule has 3 aromatic rings. The van der Waals surface area contributed by atoms with Crippen LogP contribution in [0.4, 0.5) is 10.6 Å². The molecule has 2 amide bonds. The zero-order valence-electron chi connectivity index (χ0n) is 16.5. The van der Waals surface area contributed by atoms with E-state index in [1.165, 1.54) is 7.11 Å². The lowest BCUT2D eigenvalue weighted by Gasteiger charge is -2.19. The van der Waals surface area contributed by atoms with Crippen LogP contribution >= 0.6 is 0 Å². The fraction of sp³-hybridized carbons (Fsp3) is 0.350. The summed E-state index contributed by atoms with van der Waals surface area (Å²) < 4.78 is 15.7. The van der Waals surface area contributed by atoms with Gasteiger partial charge in [0.2, 0.25) is 5.88 Å². The molecule has 9 heteroatoms. The van der Waals surface area contributed by atoms with Gasteiger partial charge in [-0.05, 0) is 12.0 Å². The largest absolute Gasteiger partial charge is 0.479 e. The van der Waals surface area contributed by atoms with Crippen LogP contribution in [0, 0.1) is 0 Å². The molecule has 0 spiro atoms. The number of aromatic nitrogens is 3. The van der Waals surface area contributed by atoms with Crippen molar-refractivity contribution in [2.24, 2.45) is 0 Å². The van der Waals surface area contributed by atoms with Gasteiger partial charge in [0.15, 0.2) is 0 Å². The van der Waals surface area contributed by atoms with Crippen molar-refractivity contribution in [3.8, 4) is 5.88 Å². The highest BCUT2D eigenvalue weighted by atomic mass is 16.5. The lowest BCUT2D eigenvalue weighted by molar-refractivity contribution is 0.0662. The number of carbonyl (C=O) groups excluding carboxylic acids is 1. The van der Waals surface area contributed by atoms with Gasteiger partial charge in [-0.2, -0.15) is 0 Å². The van der Waals surface area contributed by atoms with Crippen molar-refractivity contribution in [1.82, 2.24) is 20.5 Å². The smallest absolute Gasteiger partial charge is 0.320 e. The van der Waals surface area contributed by atoms with Crippen molar-refractivity contribution < 1.29 is 19.0 Å². The van der Waals surface area contributed by atoms with Gasteiger partial charge in [-0.1, -0.05) is 30.3 Å². The van der Waals surface area contributed by atoms with Crippen LogP contribution in [0.5, 0.6) is 5.88 Å². The van der Waals surface area contributed by atoms with Gasteiger partial charge in [0.05, 0.1) is 37.3 Å². The van der Waals surface area contributed by atoms with E-state index in [9.17, 15) is 4.79 Å². The second-order valence-corrected chi connectivity index (χ2v) is 6.30. The Morgan fingerprint density at radius 3 is 2.76 bits per heavy atom. The van der Waals surface area contributed by atoms with Crippen molar-refractivity contribution in [2.45, 2.75) is 12.5 Å². The van der Waals surface area contributed by atoms with Gasteiger partial charge in [0.25, 0.3) is 0 Å². The van der Waals surface area contributed by atoms with E-state index in [0.717, 1.165) is 16.5 Å². The number of pyridine rings is 1. The first-order chi connectivity index (χ1) is 14.2. The molecule has 2 aromatic heterocycles. The molecule has 1 aromatic carbocycles. The molecule has 9 nitrogen and oxygen atoms in total. The number of anilines is 1. The second-order valence-electron chi connectivity index (χ2n) is 6.30. The Hall–Kier alpha value is -3.17. The number of aromatic amines is 1. The van der Waals surface area contributed by atoms with E-state index < -0.39 is 0 Å². The normalized spacial score (nSPS) is 11.9. The van der Waals surface area contributed by atoms with E-state index in [2.05, 4.69) is 25.8 Å². The van der Waals surface area contributed by atoms with E-state index in [1.807, 2.05) is 30.3 Å². The third-order valence-corrected chi connectivity index (χ3v) is 4.34. The number of nitrogens with one attached hydrogen (secondary N) is 3. The van der Waals surface area contributed by atoms with Crippen molar-refractivity contribution in [3.05, 3.63) is 48.2 Å². The number of fused-ring (bicyclic) bond motifs is 1. The second kappa shape index (κ2) is 10.4. The maximum Gasteiger partial charge on any atom is 0.320 e. The SMILES string of the molecule is COCCOCC[C@@H](NC(=O)Nc1cc2[nH]nc(OC)c2cn1)c1ccccc1. The summed E-state index contributed by atoms with van der Waals surface area (Å²) in [5.74, 6) is 0.866. The molecule has 154 valence electrons. The number of benzene rings is 1. The Balaban J connectivity index is 1.62. The number of hydrogen-bond acceptors (Lipinski definition) is 6. The van der Waals surface area contributed by atoms with Gasteiger partial charge < -0.3 is 19.5 Å². The number of hydrogen-bond donors (Lipinski definition) is 3. The van der Waals surface area contributed by atoms with Crippen LogP contribution < -0.4 is 15.4 Å². The average Bonchev–Trinajstić information content (AvgIpc) is 3.15. The monoisotopic (exact) mass is 399 g/mol. The molecule has 0 aliphatic rings. The highest BCUT2D eigenvalue weighted by Crippen LogP contribution is 2.23. The Bertz CT molecular complexity index is 916. The first-order valence-corrected chi connectivity index (χ1v) is 9.28. The molecule has 0 radical (unpaired) electrons. The molecular formula is C20H25N5O4. The molecule has 1 atom stereocenters. The minimum absolute atomic E-state index is 0.199. The van der Waals surface area contributed by atoms with E-state index >= 15 is 0 Å². The number of nitrogens with zero attached hydrogens (tertiary/aromatic N) is 2. The predicted molar refractivity (Wildman–Crippen MR) is 109 cm³/mol. The fourth-order valence-corrected chi connectivity index (χ4v) is 2.88. The standard InChI is InChI=1S/C20H25N5O4/c1-27-10-11-29-9-8-16(14-6-4-3-5-7-14)22-20(26)23-18-12-17-15(13-21-18)19(28-2)25-24-17/h3-7,12-13,16H,8-11H2,1-2H3,(H,24,25)(H2,21,22,23,26)/t16-/m1/s1. The number of rotatable bonds is 10. The molecule has 0 aliphatic heterocycles. The van der Waals surface area contributed by atoms with Crippen LogP contribution in [-0.2, 0) is 9.47 Å². The molecule has 3 rings (SSSR count). The molecule has 0 fully saturated rings. The van der Waals surface area contributed by atoms with E-state index in [1.54, 1.807) is 19.4 Å². The van der Waals surface area contributed by atoms with Crippen molar-refractivity contribution >= 4 is 22.8 Å². The summed E-state index contributed by atoms with van der Waals surface area (Å²) in [6.45, 7) is 1.56. The highest BCUT2D eigenvalue weighted by molar-refractivity contribution is 5.92. The summed E-state index contributed by atoms with van der Waals surface area (Å²) >= 11 is 0. The summed E-state index contributed by atoms with van der Waals surface area (Å²) in [6, 6.07) is 10.9. The molecule has 0 aliphatic carbocycles. The number of amides is 2. The third kappa shape index (κ3) is 5.66. The quantitative estimate of drug-likeness (QED) is 0.452. The van der Waals surface area contributed by atoms with Gasteiger partial charge in [-0.25, -0.2) is 9.78 Å². The maximum atomic E-state index is 12.6. The van der Waals surface area contributed by atoms with Crippen molar-refractivity contribution in [3.63, 3.8) is 0 Å². The molecule has 29 heavy (non-hydrogen) atoms. The lowest BCUT2D eigenvalue weighted by atomic mass is 10.0. The van der Waals surface area contributed by atoms with Gasteiger partial charge in [0, 0.05) is 26.0 Å². The molecule has 0 bridgehead atoms. The van der Waals surface area contributed by atoms with E-state index in [0.29, 0.717) is 37.9 Å². The zero-order valence-corrected chi connectivity index (χ0v) is 16.5. The van der Waals surface area contributed by atoms with Crippen molar-refractivity contribution in [1.29, 1.82) is 0 Å². The first-order valence-electron chi connectivity index (χ1n) is 9.28. The number of carbonyl (C=O) groups is 1. The van der Waals surface area contributed by atoms with Gasteiger partial charge in [0.1, 0.15) is 5.82 Å². The maximum absolute atomic E-state index is 12.6. The molecule has 0 saturated carbocycles. The summed E-state index contributed by atoms with van der Waals surface area (Å²) in [6.07, 6.45) is 2.23. The van der Waals surface area contributed by atoms with Crippen LogP contribution in [0.3, 0.4) is 0 Å². The molecular weight excluding hydrogens is 374 g/mol. The molecule has 2 heterocycles. The molecule has 0 unspecified atom stereocenters. The van der Waals surface area contributed by atoms with Crippen LogP contribution in [0.25, 0.3) is 10.9 Å². The Morgan fingerprint density at radius 2 is 2.00 bits per heavy atom. The average molecular weight is 399 g/mol. The topological polar surface area (TPSA) is 110 Å². The summed E-state index contributed by atoms with van der Waals surface area (Å²) in [7, 11) is 3.17. The molecule has 0 saturated heterocycles. The Kier molecular flexibility index (Phi) is 7.37. The zero-order chi connectivity index (χ0) is 20.5. The number of methoxy groups -OCH3 is 2. The number of urea groups is 1. The highest BCUT2D eigenvalue weighted by Gasteiger charge is 2.15. The first kappa shape index (κ1) is 20.6. The number of ether oxygens (including phenoxy) is 3. The molecule has 3 N–H and O–H groups in total. The Morgan fingerprint density at radius 1 is 1.17 bits per heavy atom. The summed E-state index contributed by atoms with van der Waals surface area (Å²) in [5.41, 5.74) is 1.72. The minimum atomic E-state index is -0.353. The van der Waals surface area contributed by atoms with Gasteiger partial charge in [-0.3, -0.25) is 10.4 Å². The van der Waals surface area contributed by atoms with Crippen LogP contribution in [-0.4, -0.2) is 55.3 Å². The van der Waals surface area contributed by atoms with Crippen LogP contribution in [0.1, 0.15) is 18.0 Å². The fourth-order valence-electron chi connectivity index (χ4n) is 2.88. The minimum Gasteiger partial charge on any atom is -0.479 e. The van der Waals surface area contributed by atoms with Crippen LogP contribution in [0.2, 0.25) is 0 Å².